The van der Waals surface area contributed by atoms with Crippen molar-refractivity contribution < 1.29 is 4.79 Å². The number of thiol groups is 1. The van der Waals surface area contributed by atoms with Gasteiger partial charge >= 0.3 is 0 Å². The van der Waals surface area contributed by atoms with E-state index in [1.165, 1.54) is 5.57 Å². The van der Waals surface area contributed by atoms with Crippen LogP contribution in [0.15, 0.2) is 23.6 Å². The predicted molar refractivity (Wildman–Crippen MR) is 68.4 cm³/mol. The molecule has 0 heterocycles. The van der Waals surface area contributed by atoms with Gasteiger partial charge in [-0.25, -0.2) is 0 Å². The topological polar surface area (TPSA) is 17.1 Å². The Balaban J connectivity index is 3.17. The van der Waals surface area contributed by atoms with Crippen molar-refractivity contribution in [2.45, 2.75) is 20.8 Å². The van der Waals surface area contributed by atoms with Crippen LogP contribution < -0.4 is 0 Å². The van der Waals surface area contributed by atoms with Gasteiger partial charge < -0.3 is 0 Å². The summed E-state index contributed by atoms with van der Waals surface area (Å²) >= 11 is 4.22. The minimum atomic E-state index is 0.434. The number of benzene rings is 1. The SMILES string of the molecule is Cc1cc(/C(=C/S)C(C)C)ccc1C=O. The zero-order valence-electron chi connectivity index (χ0n) is 9.32. The summed E-state index contributed by atoms with van der Waals surface area (Å²) in [6, 6.07) is 5.86. The second-order valence-electron chi connectivity index (χ2n) is 3.93. The summed E-state index contributed by atoms with van der Waals surface area (Å²) < 4.78 is 0. The molecule has 0 aromatic heterocycles. The molecule has 1 aromatic carbocycles. The van der Waals surface area contributed by atoms with Gasteiger partial charge in [-0.1, -0.05) is 32.0 Å². The minimum absolute atomic E-state index is 0.434. The molecule has 0 unspecified atom stereocenters. The Labute approximate surface area is 96.6 Å². The van der Waals surface area contributed by atoms with Crippen molar-refractivity contribution in [2.24, 2.45) is 5.92 Å². The molecular formula is C13H16OS. The zero-order chi connectivity index (χ0) is 11.4. The molecule has 0 radical (unpaired) electrons. The van der Waals surface area contributed by atoms with E-state index in [4.69, 9.17) is 0 Å². The number of allylic oxidation sites excluding steroid dienone is 1. The van der Waals surface area contributed by atoms with E-state index in [1.54, 1.807) is 0 Å². The number of hydrogen-bond acceptors (Lipinski definition) is 2. The van der Waals surface area contributed by atoms with Crippen molar-refractivity contribution in [3.63, 3.8) is 0 Å². The monoisotopic (exact) mass is 220 g/mol. The molecule has 0 bridgehead atoms. The second-order valence-corrected chi connectivity index (χ2v) is 4.19. The van der Waals surface area contributed by atoms with Gasteiger partial charge in [0.2, 0.25) is 0 Å². The molecule has 1 rings (SSSR count). The van der Waals surface area contributed by atoms with Crippen molar-refractivity contribution in [1.29, 1.82) is 0 Å². The van der Waals surface area contributed by atoms with Crippen LogP contribution in [-0.2, 0) is 0 Å². The van der Waals surface area contributed by atoms with Gasteiger partial charge in [-0.15, -0.1) is 0 Å². The smallest absolute Gasteiger partial charge is 0.150 e. The van der Waals surface area contributed by atoms with Gasteiger partial charge in [-0.3, -0.25) is 4.79 Å². The van der Waals surface area contributed by atoms with Crippen molar-refractivity contribution in [3.05, 3.63) is 40.3 Å². The molecule has 0 saturated carbocycles. The number of carbonyl (C=O) groups is 1. The van der Waals surface area contributed by atoms with E-state index in [1.807, 2.05) is 30.5 Å². The summed E-state index contributed by atoms with van der Waals surface area (Å²) in [5.74, 6) is 0.434. The summed E-state index contributed by atoms with van der Waals surface area (Å²) in [7, 11) is 0. The van der Waals surface area contributed by atoms with Crippen LogP contribution in [0.4, 0.5) is 0 Å². The zero-order valence-corrected chi connectivity index (χ0v) is 10.2. The van der Waals surface area contributed by atoms with E-state index in [0.29, 0.717) is 5.92 Å². The van der Waals surface area contributed by atoms with Crippen molar-refractivity contribution >= 4 is 24.5 Å². The van der Waals surface area contributed by atoms with Crippen LogP contribution in [0.25, 0.3) is 5.57 Å². The highest BCUT2D eigenvalue weighted by molar-refractivity contribution is 7.83. The second kappa shape index (κ2) is 5.17. The molecule has 0 amide bonds. The molecule has 1 nitrogen and oxygen atoms in total. The molecule has 0 N–H and O–H groups in total. The first-order chi connectivity index (χ1) is 7.10. The van der Waals surface area contributed by atoms with E-state index in [9.17, 15) is 4.79 Å². The molecule has 0 atom stereocenters. The molecule has 15 heavy (non-hydrogen) atoms. The van der Waals surface area contributed by atoms with Crippen LogP contribution in [0.3, 0.4) is 0 Å². The average molecular weight is 220 g/mol. The third kappa shape index (κ3) is 2.72. The molecule has 80 valence electrons. The average Bonchev–Trinajstić information content (AvgIpc) is 2.18. The lowest BCUT2D eigenvalue weighted by atomic mass is 9.94. The van der Waals surface area contributed by atoms with Gasteiger partial charge in [0.1, 0.15) is 6.29 Å². The maximum absolute atomic E-state index is 10.7. The summed E-state index contributed by atoms with van der Waals surface area (Å²) in [4.78, 5) is 10.7. The Hall–Kier alpha value is -1.02. The number of aryl methyl sites for hydroxylation is 1. The molecule has 2 heteroatoms. The van der Waals surface area contributed by atoms with E-state index >= 15 is 0 Å². The molecule has 1 aromatic rings. The molecule has 0 aliphatic heterocycles. The third-order valence-electron chi connectivity index (χ3n) is 2.49. The summed E-state index contributed by atoms with van der Waals surface area (Å²) in [6.07, 6.45) is 0.887. The summed E-state index contributed by atoms with van der Waals surface area (Å²) in [5, 5.41) is 1.83. The Morgan fingerprint density at radius 1 is 1.40 bits per heavy atom. The van der Waals surface area contributed by atoms with Gasteiger partial charge in [-0.2, -0.15) is 12.6 Å². The molecule has 0 fully saturated rings. The van der Waals surface area contributed by atoms with Gasteiger partial charge in [0.15, 0.2) is 0 Å². The molecule has 0 spiro atoms. The van der Waals surface area contributed by atoms with Crippen LogP contribution in [0.2, 0.25) is 0 Å². The lowest BCUT2D eigenvalue weighted by molar-refractivity contribution is 0.112. The first-order valence-corrected chi connectivity index (χ1v) is 5.52. The Kier molecular flexibility index (Phi) is 4.15. The fourth-order valence-electron chi connectivity index (χ4n) is 1.54. The van der Waals surface area contributed by atoms with E-state index < -0.39 is 0 Å². The van der Waals surface area contributed by atoms with Crippen molar-refractivity contribution in [1.82, 2.24) is 0 Å². The predicted octanol–water partition coefficient (Wildman–Crippen LogP) is 3.73. The molecule has 0 aliphatic rings. The van der Waals surface area contributed by atoms with Crippen LogP contribution in [0, 0.1) is 12.8 Å². The lowest BCUT2D eigenvalue weighted by Gasteiger charge is -2.12. The van der Waals surface area contributed by atoms with Crippen LogP contribution >= 0.6 is 12.6 Å². The summed E-state index contributed by atoms with van der Waals surface area (Å²) in [5.41, 5.74) is 4.10. The molecule has 0 saturated heterocycles. The Morgan fingerprint density at radius 2 is 2.07 bits per heavy atom. The first-order valence-electron chi connectivity index (χ1n) is 5.00. The Morgan fingerprint density at radius 3 is 2.47 bits per heavy atom. The maximum Gasteiger partial charge on any atom is 0.150 e. The van der Waals surface area contributed by atoms with E-state index in [-0.39, 0.29) is 0 Å². The highest BCUT2D eigenvalue weighted by Gasteiger charge is 2.07. The highest BCUT2D eigenvalue weighted by Crippen LogP contribution is 2.25. The minimum Gasteiger partial charge on any atom is -0.298 e. The fourth-order valence-corrected chi connectivity index (χ4v) is 1.99. The first kappa shape index (κ1) is 12.1. The van der Waals surface area contributed by atoms with Gasteiger partial charge in [0.05, 0.1) is 0 Å². The maximum atomic E-state index is 10.7. The largest absolute Gasteiger partial charge is 0.298 e. The third-order valence-corrected chi connectivity index (χ3v) is 2.77. The quantitative estimate of drug-likeness (QED) is 0.606. The van der Waals surface area contributed by atoms with Gasteiger partial charge in [-0.05, 0) is 34.9 Å². The number of carbonyl (C=O) groups excluding carboxylic acids is 1. The number of aldehydes is 1. The number of rotatable bonds is 3. The van der Waals surface area contributed by atoms with Crippen molar-refractivity contribution in [2.75, 3.05) is 0 Å². The molecular weight excluding hydrogens is 204 g/mol. The lowest BCUT2D eigenvalue weighted by Crippen LogP contribution is -1.95. The standard InChI is InChI=1S/C13H16OS/c1-9(2)13(8-15)11-4-5-12(7-14)10(3)6-11/h4-9,15H,1-3H3/b13-8+. The van der Waals surface area contributed by atoms with Crippen LogP contribution in [0.5, 0.6) is 0 Å². The summed E-state index contributed by atoms with van der Waals surface area (Å²) in [6.45, 7) is 6.21. The Bertz CT molecular complexity index is 392. The highest BCUT2D eigenvalue weighted by atomic mass is 32.1. The van der Waals surface area contributed by atoms with Crippen molar-refractivity contribution in [3.8, 4) is 0 Å². The van der Waals surface area contributed by atoms with Gasteiger partial charge in [0.25, 0.3) is 0 Å². The fraction of sp³-hybridized carbons (Fsp3) is 0.308. The van der Waals surface area contributed by atoms with E-state index in [0.717, 1.165) is 23.0 Å². The van der Waals surface area contributed by atoms with Crippen LogP contribution in [-0.4, -0.2) is 6.29 Å². The number of hydrogen-bond donors (Lipinski definition) is 1. The van der Waals surface area contributed by atoms with Gasteiger partial charge in [0, 0.05) is 5.56 Å². The van der Waals surface area contributed by atoms with Crippen LogP contribution in [0.1, 0.15) is 35.3 Å². The molecule has 0 aliphatic carbocycles. The normalized spacial score (nSPS) is 11.9. The van der Waals surface area contributed by atoms with E-state index in [2.05, 4.69) is 26.5 Å².